The highest BCUT2D eigenvalue weighted by molar-refractivity contribution is 5.10. The van der Waals surface area contributed by atoms with Crippen molar-refractivity contribution in [2.75, 3.05) is 6.54 Å². The maximum atomic E-state index is 5.40. The molecule has 0 radical (unpaired) electrons. The van der Waals surface area contributed by atoms with E-state index in [1.807, 2.05) is 6.07 Å². The average molecular weight is 139 g/mol. The molecule has 2 N–H and O–H groups in total. The van der Waals surface area contributed by atoms with Crippen LogP contribution in [-0.2, 0) is 0 Å². The van der Waals surface area contributed by atoms with Gasteiger partial charge in [-0.25, -0.2) is 0 Å². The van der Waals surface area contributed by atoms with E-state index in [1.54, 1.807) is 12.5 Å². The number of nitrogens with two attached hydrogens (primary N) is 1. The third-order valence-corrected chi connectivity index (χ3v) is 1.71. The van der Waals surface area contributed by atoms with Crippen molar-refractivity contribution in [1.29, 1.82) is 0 Å². The second kappa shape index (κ2) is 3.42. The minimum absolute atomic E-state index is 0.531. The van der Waals surface area contributed by atoms with Crippen LogP contribution in [0.5, 0.6) is 0 Å². The Morgan fingerprint density at radius 2 is 2.50 bits per heavy atom. The summed E-state index contributed by atoms with van der Waals surface area (Å²) in [5.41, 5.74) is 6.65. The number of furan rings is 1. The molecule has 2 heteroatoms. The quantitative estimate of drug-likeness (QED) is 0.692. The van der Waals surface area contributed by atoms with Gasteiger partial charge < -0.3 is 10.2 Å². The second-order valence-corrected chi connectivity index (χ2v) is 2.54. The molecule has 0 bridgehead atoms. The molecule has 0 aliphatic rings. The first-order valence-electron chi connectivity index (χ1n) is 3.56. The maximum Gasteiger partial charge on any atom is 0.0937 e. The van der Waals surface area contributed by atoms with Crippen molar-refractivity contribution >= 4 is 0 Å². The highest BCUT2D eigenvalue weighted by Gasteiger charge is 2.03. The monoisotopic (exact) mass is 139 g/mol. The summed E-state index contributed by atoms with van der Waals surface area (Å²) in [4.78, 5) is 0. The average Bonchev–Trinajstić information content (AvgIpc) is 2.38. The number of rotatable bonds is 3. The van der Waals surface area contributed by atoms with Crippen molar-refractivity contribution in [3.63, 3.8) is 0 Å². The van der Waals surface area contributed by atoms with Crippen LogP contribution in [0.3, 0.4) is 0 Å². The summed E-state index contributed by atoms with van der Waals surface area (Å²) in [6.45, 7) is 2.89. The van der Waals surface area contributed by atoms with E-state index in [9.17, 15) is 0 Å². The van der Waals surface area contributed by atoms with Crippen molar-refractivity contribution in [3.05, 3.63) is 24.2 Å². The van der Waals surface area contributed by atoms with Gasteiger partial charge in [-0.2, -0.15) is 0 Å². The van der Waals surface area contributed by atoms with Crippen molar-refractivity contribution in [2.45, 2.75) is 19.3 Å². The molecule has 0 amide bonds. The van der Waals surface area contributed by atoms with Gasteiger partial charge in [-0.15, -0.1) is 0 Å². The van der Waals surface area contributed by atoms with E-state index in [0.717, 1.165) is 13.0 Å². The van der Waals surface area contributed by atoms with Gasteiger partial charge in [-0.1, -0.05) is 6.92 Å². The summed E-state index contributed by atoms with van der Waals surface area (Å²) in [7, 11) is 0. The number of hydrogen-bond acceptors (Lipinski definition) is 2. The standard InChI is InChI=1S/C8H13NO/c1-7(2-4-9)8-3-5-10-6-8/h3,5-7H,2,4,9H2,1H3. The van der Waals surface area contributed by atoms with Crippen LogP contribution >= 0.6 is 0 Å². The normalized spacial score (nSPS) is 13.4. The van der Waals surface area contributed by atoms with Crippen molar-refractivity contribution in [3.8, 4) is 0 Å². The van der Waals surface area contributed by atoms with Crippen LogP contribution in [0.25, 0.3) is 0 Å². The third-order valence-electron chi connectivity index (χ3n) is 1.71. The van der Waals surface area contributed by atoms with Gasteiger partial charge in [0.2, 0.25) is 0 Å². The molecular weight excluding hydrogens is 126 g/mol. The highest BCUT2D eigenvalue weighted by Crippen LogP contribution is 2.17. The Balaban J connectivity index is 2.50. The lowest BCUT2D eigenvalue weighted by molar-refractivity contribution is 0.557. The first-order chi connectivity index (χ1) is 4.84. The van der Waals surface area contributed by atoms with Gasteiger partial charge >= 0.3 is 0 Å². The van der Waals surface area contributed by atoms with E-state index in [1.165, 1.54) is 5.56 Å². The first-order valence-corrected chi connectivity index (χ1v) is 3.56. The lowest BCUT2D eigenvalue weighted by atomic mass is 10.0. The molecule has 10 heavy (non-hydrogen) atoms. The maximum absolute atomic E-state index is 5.40. The van der Waals surface area contributed by atoms with Crippen LogP contribution < -0.4 is 5.73 Å². The fourth-order valence-electron chi connectivity index (χ4n) is 0.972. The van der Waals surface area contributed by atoms with Gasteiger partial charge in [0.15, 0.2) is 0 Å². The molecule has 1 aromatic rings. The molecule has 56 valence electrons. The molecule has 0 aliphatic heterocycles. The summed E-state index contributed by atoms with van der Waals surface area (Å²) in [5, 5.41) is 0. The van der Waals surface area contributed by atoms with E-state index >= 15 is 0 Å². The third kappa shape index (κ3) is 1.61. The molecule has 1 heterocycles. The van der Waals surface area contributed by atoms with Crippen LogP contribution in [0.15, 0.2) is 23.0 Å². The Bertz CT molecular complexity index is 169. The van der Waals surface area contributed by atoms with Gasteiger partial charge in [0, 0.05) is 0 Å². The molecule has 2 nitrogen and oxygen atoms in total. The molecule has 1 rings (SSSR count). The SMILES string of the molecule is CC(CCN)c1ccoc1. The van der Waals surface area contributed by atoms with Gasteiger partial charge in [-0.05, 0) is 30.5 Å². The Labute approximate surface area is 61.0 Å². The van der Waals surface area contributed by atoms with Crippen LogP contribution in [0.4, 0.5) is 0 Å². The molecule has 0 saturated carbocycles. The van der Waals surface area contributed by atoms with Crippen molar-refractivity contribution in [2.24, 2.45) is 5.73 Å². The minimum Gasteiger partial charge on any atom is -0.472 e. The minimum atomic E-state index is 0.531. The van der Waals surface area contributed by atoms with E-state index < -0.39 is 0 Å². The molecule has 0 fully saturated rings. The highest BCUT2D eigenvalue weighted by atomic mass is 16.3. The smallest absolute Gasteiger partial charge is 0.0937 e. The van der Waals surface area contributed by atoms with Crippen LogP contribution in [0.2, 0.25) is 0 Å². The van der Waals surface area contributed by atoms with E-state index in [2.05, 4.69) is 6.92 Å². The van der Waals surface area contributed by atoms with Crippen molar-refractivity contribution in [1.82, 2.24) is 0 Å². The van der Waals surface area contributed by atoms with Crippen LogP contribution in [0, 0.1) is 0 Å². The fourth-order valence-corrected chi connectivity index (χ4v) is 0.972. The lowest BCUT2D eigenvalue weighted by Gasteiger charge is -2.04. The molecule has 0 aromatic carbocycles. The summed E-state index contributed by atoms with van der Waals surface area (Å²) in [5.74, 6) is 0.531. The van der Waals surface area contributed by atoms with Gasteiger partial charge in [0.05, 0.1) is 12.5 Å². The van der Waals surface area contributed by atoms with E-state index in [0.29, 0.717) is 5.92 Å². The molecule has 1 unspecified atom stereocenters. The van der Waals surface area contributed by atoms with Crippen molar-refractivity contribution < 1.29 is 4.42 Å². The first kappa shape index (κ1) is 7.35. The number of hydrogen-bond donors (Lipinski definition) is 1. The predicted octanol–water partition coefficient (Wildman–Crippen LogP) is 1.73. The molecule has 0 saturated heterocycles. The zero-order valence-corrected chi connectivity index (χ0v) is 6.21. The lowest BCUT2D eigenvalue weighted by Crippen LogP contribution is -2.03. The summed E-state index contributed by atoms with van der Waals surface area (Å²) < 4.78 is 4.94. The summed E-state index contributed by atoms with van der Waals surface area (Å²) in [6.07, 6.45) is 4.50. The Morgan fingerprint density at radius 1 is 1.70 bits per heavy atom. The predicted molar refractivity (Wildman–Crippen MR) is 40.8 cm³/mol. The van der Waals surface area contributed by atoms with Gasteiger partial charge in [0.25, 0.3) is 0 Å². The zero-order valence-electron chi connectivity index (χ0n) is 6.21. The van der Waals surface area contributed by atoms with Crippen LogP contribution in [0.1, 0.15) is 24.8 Å². The Kier molecular flexibility index (Phi) is 2.51. The largest absolute Gasteiger partial charge is 0.472 e. The molecule has 0 spiro atoms. The van der Waals surface area contributed by atoms with E-state index in [-0.39, 0.29) is 0 Å². The topological polar surface area (TPSA) is 39.2 Å². The Hall–Kier alpha value is -0.760. The molecule has 1 aromatic heterocycles. The summed E-state index contributed by atoms with van der Waals surface area (Å²) >= 11 is 0. The van der Waals surface area contributed by atoms with Gasteiger partial charge in [0.1, 0.15) is 0 Å². The zero-order chi connectivity index (χ0) is 7.40. The Morgan fingerprint density at radius 3 is 3.00 bits per heavy atom. The second-order valence-electron chi connectivity index (χ2n) is 2.54. The van der Waals surface area contributed by atoms with E-state index in [4.69, 9.17) is 10.2 Å². The molecular formula is C8H13NO. The fraction of sp³-hybridized carbons (Fsp3) is 0.500. The van der Waals surface area contributed by atoms with Crippen LogP contribution in [-0.4, -0.2) is 6.54 Å². The summed E-state index contributed by atoms with van der Waals surface area (Å²) in [6, 6.07) is 1.99. The molecule has 0 aliphatic carbocycles. The van der Waals surface area contributed by atoms with Gasteiger partial charge in [-0.3, -0.25) is 0 Å². The molecule has 1 atom stereocenters.